The zero-order valence-electron chi connectivity index (χ0n) is 14.7. The average Bonchev–Trinajstić information content (AvgIpc) is 2.88. The molecule has 0 aromatic carbocycles. The molecule has 1 aromatic heterocycles. The Hall–Kier alpha value is -1.11. The number of nitrogens with zero attached hydrogens (tertiary/aromatic N) is 3. The van der Waals surface area contributed by atoms with Crippen LogP contribution in [0.3, 0.4) is 0 Å². The number of halogens is 1. The number of carbonyl (C=O) groups is 1. The molecule has 0 atom stereocenters. The summed E-state index contributed by atoms with van der Waals surface area (Å²) < 4.78 is 5.23. The molecule has 2 aliphatic heterocycles. The summed E-state index contributed by atoms with van der Waals surface area (Å²) in [6.07, 6.45) is 3.00. The Balaban J connectivity index is 0.00000208. The van der Waals surface area contributed by atoms with Gasteiger partial charge in [-0.25, -0.2) is 0 Å². The van der Waals surface area contributed by atoms with Gasteiger partial charge in [-0.3, -0.25) is 9.69 Å². The number of hydrogen-bond acceptors (Lipinski definition) is 5. The molecule has 3 rings (SSSR count). The van der Waals surface area contributed by atoms with Gasteiger partial charge in [-0.05, 0) is 45.7 Å². The van der Waals surface area contributed by atoms with Crippen LogP contribution < -0.4 is 5.32 Å². The molecule has 24 heavy (non-hydrogen) atoms. The topological polar surface area (TPSA) is 61.6 Å². The van der Waals surface area contributed by atoms with E-state index in [2.05, 4.69) is 15.4 Å². The Morgan fingerprint density at radius 1 is 1.21 bits per heavy atom. The van der Waals surface area contributed by atoms with Crippen LogP contribution in [0, 0.1) is 19.8 Å². The van der Waals surface area contributed by atoms with Gasteiger partial charge < -0.3 is 14.7 Å². The van der Waals surface area contributed by atoms with E-state index in [1.165, 1.54) is 5.56 Å². The summed E-state index contributed by atoms with van der Waals surface area (Å²) in [6.45, 7) is 10.5. The van der Waals surface area contributed by atoms with Crippen LogP contribution >= 0.6 is 12.4 Å². The second kappa shape index (κ2) is 8.83. The fourth-order valence-corrected chi connectivity index (χ4v) is 3.57. The minimum Gasteiger partial charge on any atom is -0.361 e. The van der Waals surface area contributed by atoms with Crippen molar-refractivity contribution in [2.45, 2.75) is 39.7 Å². The number of nitrogens with one attached hydrogen (secondary N) is 1. The standard InChI is InChI=1S/C17H28N4O2.ClH/c1-13-16(14(2)23-19-13)12-20-7-9-21(10-8-20)17(22)11-15-3-5-18-6-4-15;/h15,18H,3-12H2,1-2H3;1H. The van der Waals surface area contributed by atoms with Crippen molar-refractivity contribution in [3.8, 4) is 0 Å². The minimum absolute atomic E-state index is 0. The van der Waals surface area contributed by atoms with Crippen molar-refractivity contribution in [3.05, 3.63) is 17.0 Å². The summed E-state index contributed by atoms with van der Waals surface area (Å²) >= 11 is 0. The number of carbonyl (C=O) groups excluding carboxylic acids is 1. The van der Waals surface area contributed by atoms with Gasteiger partial charge in [0.05, 0.1) is 5.69 Å². The lowest BCUT2D eigenvalue weighted by molar-refractivity contribution is -0.134. The van der Waals surface area contributed by atoms with Crippen LogP contribution in [0.4, 0.5) is 0 Å². The van der Waals surface area contributed by atoms with E-state index in [4.69, 9.17) is 4.52 Å². The van der Waals surface area contributed by atoms with E-state index in [1.54, 1.807) is 0 Å². The summed E-state index contributed by atoms with van der Waals surface area (Å²) in [5.41, 5.74) is 2.17. The fourth-order valence-electron chi connectivity index (χ4n) is 3.57. The Morgan fingerprint density at radius 2 is 1.88 bits per heavy atom. The molecule has 2 saturated heterocycles. The predicted molar refractivity (Wildman–Crippen MR) is 95.3 cm³/mol. The van der Waals surface area contributed by atoms with Crippen LogP contribution in [-0.2, 0) is 11.3 Å². The predicted octanol–water partition coefficient (Wildman–Crippen LogP) is 1.75. The molecular weight excluding hydrogens is 328 g/mol. The van der Waals surface area contributed by atoms with E-state index in [0.717, 1.165) is 76.5 Å². The molecule has 0 unspecified atom stereocenters. The summed E-state index contributed by atoms with van der Waals surface area (Å²) in [7, 11) is 0. The van der Waals surface area contributed by atoms with Gasteiger partial charge in [0.15, 0.2) is 0 Å². The van der Waals surface area contributed by atoms with Gasteiger partial charge in [0, 0.05) is 44.7 Å². The first-order chi connectivity index (χ1) is 11.1. The van der Waals surface area contributed by atoms with E-state index in [1.807, 2.05) is 18.7 Å². The second-order valence-corrected chi connectivity index (χ2v) is 6.86. The first-order valence-corrected chi connectivity index (χ1v) is 8.76. The molecule has 0 radical (unpaired) electrons. The third-order valence-electron chi connectivity index (χ3n) is 5.21. The number of amides is 1. The van der Waals surface area contributed by atoms with Crippen molar-refractivity contribution in [2.75, 3.05) is 39.3 Å². The lowest BCUT2D eigenvalue weighted by Gasteiger charge is -2.35. The highest BCUT2D eigenvalue weighted by Gasteiger charge is 2.25. The average molecular weight is 357 g/mol. The number of hydrogen-bond donors (Lipinski definition) is 1. The number of piperazine rings is 1. The molecule has 0 aliphatic carbocycles. The summed E-state index contributed by atoms with van der Waals surface area (Å²) in [6, 6.07) is 0. The van der Waals surface area contributed by atoms with Gasteiger partial charge in [0.2, 0.25) is 5.91 Å². The molecule has 1 N–H and O–H groups in total. The monoisotopic (exact) mass is 356 g/mol. The second-order valence-electron chi connectivity index (χ2n) is 6.86. The Bertz CT molecular complexity index is 515. The maximum Gasteiger partial charge on any atom is 0.222 e. The number of aryl methyl sites for hydroxylation is 2. The van der Waals surface area contributed by atoms with Gasteiger partial charge >= 0.3 is 0 Å². The van der Waals surface area contributed by atoms with E-state index in [0.29, 0.717) is 11.8 Å². The fraction of sp³-hybridized carbons (Fsp3) is 0.765. The SMILES string of the molecule is Cc1noc(C)c1CN1CCN(C(=O)CC2CCNCC2)CC1.Cl. The van der Waals surface area contributed by atoms with E-state index >= 15 is 0 Å². The highest BCUT2D eigenvalue weighted by atomic mass is 35.5. The van der Waals surface area contributed by atoms with E-state index in [-0.39, 0.29) is 12.4 Å². The Kier molecular flexibility index (Phi) is 7.07. The molecule has 3 heterocycles. The zero-order chi connectivity index (χ0) is 16.2. The smallest absolute Gasteiger partial charge is 0.222 e. The van der Waals surface area contributed by atoms with Gasteiger partial charge in [0.25, 0.3) is 0 Å². The maximum atomic E-state index is 12.5. The minimum atomic E-state index is 0. The van der Waals surface area contributed by atoms with Crippen molar-refractivity contribution in [1.29, 1.82) is 0 Å². The van der Waals surface area contributed by atoms with Crippen molar-refractivity contribution >= 4 is 18.3 Å². The third-order valence-corrected chi connectivity index (χ3v) is 5.21. The van der Waals surface area contributed by atoms with Gasteiger partial charge in [-0.2, -0.15) is 0 Å². The molecule has 0 spiro atoms. The summed E-state index contributed by atoms with van der Waals surface area (Å²) in [4.78, 5) is 16.9. The van der Waals surface area contributed by atoms with E-state index < -0.39 is 0 Å². The van der Waals surface area contributed by atoms with E-state index in [9.17, 15) is 4.79 Å². The lowest BCUT2D eigenvalue weighted by Crippen LogP contribution is -2.48. The van der Waals surface area contributed by atoms with Crippen molar-refractivity contribution in [3.63, 3.8) is 0 Å². The van der Waals surface area contributed by atoms with Crippen LogP contribution in [-0.4, -0.2) is 60.1 Å². The van der Waals surface area contributed by atoms with Crippen LogP contribution in [0.2, 0.25) is 0 Å². The first kappa shape index (κ1) is 19.2. The molecule has 2 aliphatic rings. The largest absolute Gasteiger partial charge is 0.361 e. The van der Waals surface area contributed by atoms with Crippen molar-refractivity contribution in [2.24, 2.45) is 5.92 Å². The zero-order valence-corrected chi connectivity index (χ0v) is 15.5. The van der Waals surface area contributed by atoms with Gasteiger partial charge in [-0.1, -0.05) is 5.16 Å². The third kappa shape index (κ3) is 4.71. The molecule has 0 saturated carbocycles. The number of rotatable bonds is 4. The van der Waals surface area contributed by atoms with Gasteiger partial charge in [-0.15, -0.1) is 12.4 Å². The molecule has 1 aromatic rings. The molecular formula is C17H29ClN4O2. The first-order valence-electron chi connectivity index (χ1n) is 8.76. The molecule has 136 valence electrons. The Labute approximate surface area is 150 Å². The maximum absolute atomic E-state index is 12.5. The van der Waals surface area contributed by atoms with Crippen molar-refractivity contribution < 1.29 is 9.32 Å². The molecule has 1 amide bonds. The molecule has 0 bridgehead atoms. The van der Waals surface area contributed by atoms with Crippen LogP contribution in [0.5, 0.6) is 0 Å². The number of aromatic nitrogens is 1. The summed E-state index contributed by atoms with van der Waals surface area (Å²) in [5.74, 6) is 1.82. The highest BCUT2D eigenvalue weighted by Crippen LogP contribution is 2.19. The van der Waals surface area contributed by atoms with Crippen molar-refractivity contribution in [1.82, 2.24) is 20.3 Å². The van der Waals surface area contributed by atoms with Crippen LogP contribution in [0.1, 0.15) is 36.3 Å². The van der Waals surface area contributed by atoms with Crippen LogP contribution in [0.15, 0.2) is 4.52 Å². The van der Waals surface area contributed by atoms with Gasteiger partial charge in [0.1, 0.15) is 5.76 Å². The normalized spacial score (nSPS) is 20.0. The quantitative estimate of drug-likeness (QED) is 0.890. The lowest BCUT2D eigenvalue weighted by atomic mass is 9.94. The highest BCUT2D eigenvalue weighted by molar-refractivity contribution is 5.85. The Morgan fingerprint density at radius 3 is 2.46 bits per heavy atom. The summed E-state index contributed by atoms with van der Waals surface area (Å²) in [5, 5.41) is 7.38. The van der Waals surface area contributed by atoms with Crippen LogP contribution in [0.25, 0.3) is 0 Å². The molecule has 7 heteroatoms. The molecule has 2 fully saturated rings. The number of piperidine rings is 1. The molecule has 6 nitrogen and oxygen atoms in total.